The standard InChI is InChI=1S/2C8H20NO6P.Mg/c2*1-9(2,3)5-8(4-7(11)6-10)15-16(12,13)14;/h2*7-8,10-11H,4-6H2,1-3H3,(H-,12,13,14);/q;;+2/p-2. The molecular formula is C16H38MgN2O12P2. The molecule has 0 saturated carbocycles. The molecule has 0 aliphatic carbocycles. The van der Waals surface area contributed by atoms with Crippen LogP contribution in [0.15, 0.2) is 0 Å². The van der Waals surface area contributed by atoms with Gasteiger partial charge in [-0.25, -0.2) is 0 Å². The summed E-state index contributed by atoms with van der Waals surface area (Å²) in [5.41, 5.74) is 0. The van der Waals surface area contributed by atoms with Crippen molar-refractivity contribution in [3.8, 4) is 0 Å². The third kappa shape index (κ3) is 28.9. The molecule has 0 aromatic heterocycles. The number of hydrogen-bond donors (Lipinski definition) is 4. The molecule has 0 fully saturated rings. The van der Waals surface area contributed by atoms with Crippen LogP contribution in [-0.4, -0.2) is 145 Å². The Morgan fingerprint density at radius 2 is 0.939 bits per heavy atom. The van der Waals surface area contributed by atoms with E-state index >= 15 is 0 Å². The molecule has 4 unspecified atom stereocenters. The molecule has 0 radical (unpaired) electrons. The molecule has 14 nitrogen and oxygen atoms in total. The summed E-state index contributed by atoms with van der Waals surface area (Å²) in [7, 11) is 0.609. The summed E-state index contributed by atoms with van der Waals surface area (Å²) < 4.78 is 30.4. The fraction of sp³-hybridized carbons (Fsp3) is 1.00. The number of nitrogens with zero attached hydrogens (tertiary/aromatic N) is 2. The zero-order valence-corrected chi connectivity index (χ0v) is 23.3. The van der Waals surface area contributed by atoms with Gasteiger partial charge in [-0.3, -0.25) is 0 Å². The second-order valence-corrected chi connectivity index (χ2v) is 11.6. The van der Waals surface area contributed by atoms with Gasteiger partial charge in [0, 0.05) is 12.8 Å². The van der Waals surface area contributed by atoms with Gasteiger partial charge in [0.25, 0.3) is 0 Å². The predicted molar refractivity (Wildman–Crippen MR) is 112 cm³/mol. The van der Waals surface area contributed by atoms with Gasteiger partial charge in [0.15, 0.2) is 0 Å². The minimum atomic E-state index is -5.08. The van der Waals surface area contributed by atoms with Crippen LogP contribution in [0.2, 0.25) is 0 Å². The van der Waals surface area contributed by atoms with Crippen LogP contribution in [-0.2, 0) is 18.2 Å². The molecule has 196 valence electrons. The summed E-state index contributed by atoms with van der Waals surface area (Å²) in [4.78, 5) is 42.0. The SMILES string of the molecule is C[N+](C)(C)CC(CC(O)CO)OP(=O)([O-])[O-].C[N+](C)(C)CC(CC(O)CO)OP(=O)([O-])[O-].[Mg+2]. The van der Waals surface area contributed by atoms with Crippen molar-refractivity contribution in [1.29, 1.82) is 0 Å². The molecule has 0 rings (SSSR count). The maximum Gasteiger partial charge on any atom is 2.00 e. The molecular weight excluding hydrogens is 498 g/mol. The van der Waals surface area contributed by atoms with Gasteiger partial charge < -0.3 is 67.1 Å². The summed E-state index contributed by atoms with van der Waals surface area (Å²) in [5, 5.41) is 35.7. The molecule has 0 aliphatic heterocycles. The number of likely N-dealkylation sites (N-methyl/N-ethyl adjacent to an activating group) is 2. The first-order valence-corrected chi connectivity index (χ1v) is 12.6. The molecule has 4 N–H and O–H groups in total. The molecule has 0 aliphatic rings. The molecule has 0 aromatic carbocycles. The summed E-state index contributed by atoms with van der Waals surface area (Å²) in [6.07, 6.45) is -4.24. The Hall–Kier alpha value is 0.746. The maximum absolute atomic E-state index is 10.5. The largest absolute Gasteiger partial charge is 2.00 e. The van der Waals surface area contributed by atoms with E-state index in [2.05, 4.69) is 9.05 Å². The van der Waals surface area contributed by atoms with Crippen LogP contribution in [0.3, 0.4) is 0 Å². The van der Waals surface area contributed by atoms with Gasteiger partial charge in [-0.2, -0.15) is 0 Å². The number of phosphoric acid groups is 2. The Morgan fingerprint density at radius 3 is 1.09 bits per heavy atom. The van der Waals surface area contributed by atoms with Gasteiger partial charge in [0.1, 0.15) is 25.3 Å². The van der Waals surface area contributed by atoms with Crippen LogP contribution >= 0.6 is 15.6 Å². The van der Waals surface area contributed by atoms with E-state index in [0.29, 0.717) is 8.97 Å². The normalized spacial score (nSPS) is 16.7. The van der Waals surface area contributed by atoms with Gasteiger partial charge in [-0.1, -0.05) is 0 Å². The zero-order chi connectivity index (χ0) is 26.0. The average Bonchev–Trinajstić information content (AvgIpc) is 2.48. The minimum absolute atomic E-state index is 0. The van der Waals surface area contributed by atoms with Gasteiger partial charge in [-0.05, 0) is 0 Å². The number of hydrogen-bond acceptors (Lipinski definition) is 12. The van der Waals surface area contributed by atoms with E-state index < -0.39 is 53.3 Å². The summed E-state index contributed by atoms with van der Waals surface area (Å²) in [6.45, 7) is -0.519. The fourth-order valence-electron chi connectivity index (χ4n) is 2.64. The van der Waals surface area contributed by atoms with E-state index in [-0.39, 0.29) is 49.0 Å². The topological polar surface area (TPSA) is 226 Å². The van der Waals surface area contributed by atoms with Crippen molar-refractivity contribution in [2.24, 2.45) is 0 Å². The summed E-state index contributed by atoms with van der Waals surface area (Å²) in [5.74, 6) is 0. The van der Waals surface area contributed by atoms with Gasteiger partial charge in [-0.15, -0.1) is 0 Å². The third-order valence-electron chi connectivity index (χ3n) is 3.55. The van der Waals surface area contributed by atoms with Gasteiger partial charge >= 0.3 is 23.1 Å². The molecule has 33 heavy (non-hydrogen) atoms. The second-order valence-electron chi connectivity index (χ2n) is 9.44. The van der Waals surface area contributed by atoms with Crippen molar-refractivity contribution in [3.05, 3.63) is 0 Å². The summed E-state index contributed by atoms with van der Waals surface area (Å²) >= 11 is 0. The van der Waals surface area contributed by atoms with Crippen molar-refractivity contribution in [1.82, 2.24) is 0 Å². The molecule has 0 saturated heterocycles. The van der Waals surface area contributed by atoms with Crippen LogP contribution in [0.5, 0.6) is 0 Å². The Morgan fingerprint density at radius 1 is 0.697 bits per heavy atom. The Bertz CT molecular complexity index is 553. The van der Waals surface area contributed by atoms with Crippen molar-refractivity contribution in [3.63, 3.8) is 0 Å². The molecule has 0 amide bonds. The number of phosphoric ester groups is 2. The first kappa shape index (κ1) is 38.3. The molecule has 4 atom stereocenters. The zero-order valence-electron chi connectivity index (χ0n) is 20.1. The van der Waals surface area contributed by atoms with Crippen LogP contribution in [0, 0.1) is 0 Å². The smallest absolute Gasteiger partial charge is 0.790 e. The Labute approximate surface area is 211 Å². The van der Waals surface area contributed by atoms with E-state index in [1.54, 1.807) is 42.3 Å². The molecule has 0 aromatic rings. The Balaban J connectivity index is -0.000000529. The van der Waals surface area contributed by atoms with Crippen LogP contribution in [0.4, 0.5) is 0 Å². The average molecular weight is 537 g/mol. The number of aliphatic hydroxyl groups excluding tert-OH is 4. The maximum atomic E-state index is 10.5. The van der Waals surface area contributed by atoms with Crippen molar-refractivity contribution in [2.45, 2.75) is 37.3 Å². The first-order valence-electron chi connectivity index (χ1n) is 9.66. The third-order valence-corrected chi connectivity index (χ3v) is 4.66. The first-order chi connectivity index (χ1) is 14.1. The molecule has 17 heteroatoms. The van der Waals surface area contributed by atoms with E-state index in [1.165, 1.54) is 0 Å². The van der Waals surface area contributed by atoms with Crippen molar-refractivity contribution in [2.75, 3.05) is 68.6 Å². The van der Waals surface area contributed by atoms with Crippen LogP contribution in [0.25, 0.3) is 0 Å². The van der Waals surface area contributed by atoms with Gasteiger partial charge in [0.2, 0.25) is 0 Å². The predicted octanol–water partition coefficient (Wildman–Crippen LogP) is -5.08. The number of rotatable bonds is 14. The van der Waals surface area contributed by atoms with Crippen molar-refractivity contribution < 1.29 is 67.1 Å². The summed E-state index contributed by atoms with van der Waals surface area (Å²) in [6, 6.07) is 0. The van der Waals surface area contributed by atoms with E-state index in [0.717, 1.165) is 0 Å². The number of aliphatic hydroxyl groups is 4. The van der Waals surface area contributed by atoms with Crippen molar-refractivity contribution >= 4 is 38.7 Å². The molecule has 0 bridgehead atoms. The quantitative estimate of drug-likeness (QED) is 0.0929. The van der Waals surface area contributed by atoms with E-state index in [9.17, 15) is 38.9 Å². The Kier molecular flexibility index (Phi) is 19.1. The molecule has 0 spiro atoms. The fourth-order valence-corrected chi connectivity index (χ4v) is 3.68. The number of quaternary nitrogens is 2. The second kappa shape index (κ2) is 16.5. The molecule has 0 heterocycles. The van der Waals surface area contributed by atoms with E-state index in [1.807, 2.05) is 0 Å². The van der Waals surface area contributed by atoms with E-state index in [4.69, 9.17) is 10.2 Å². The monoisotopic (exact) mass is 536 g/mol. The van der Waals surface area contributed by atoms with Gasteiger partial charge in [0.05, 0.1) is 83.4 Å². The minimum Gasteiger partial charge on any atom is -0.790 e. The van der Waals surface area contributed by atoms with Crippen LogP contribution in [0.1, 0.15) is 12.8 Å². The van der Waals surface area contributed by atoms with Crippen LogP contribution < -0.4 is 19.6 Å².